The van der Waals surface area contributed by atoms with E-state index in [-0.39, 0.29) is 5.75 Å². The van der Waals surface area contributed by atoms with Gasteiger partial charge < -0.3 is 5.11 Å². The second-order valence-corrected chi connectivity index (χ2v) is 6.20. The summed E-state index contributed by atoms with van der Waals surface area (Å²) in [4.78, 5) is 20.0. The largest absolute Gasteiger partial charge is 0.481 e. The molecule has 1 N–H and O–H groups in total. The van der Waals surface area contributed by atoms with E-state index in [2.05, 4.69) is 22.1 Å². The van der Waals surface area contributed by atoms with E-state index in [0.717, 1.165) is 27.6 Å². The Morgan fingerprint density at radius 3 is 2.79 bits per heavy atom. The summed E-state index contributed by atoms with van der Waals surface area (Å²) in [7, 11) is 0. The number of carbonyl (C=O) groups is 1. The SMILES string of the molecule is O=C(O)CSc1nc2cccnc2n1-c1cccc2ccccc12. The van der Waals surface area contributed by atoms with Crippen molar-refractivity contribution in [2.75, 3.05) is 5.75 Å². The minimum absolute atomic E-state index is 0.0475. The maximum atomic E-state index is 11.0. The highest BCUT2D eigenvalue weighted by atomic mass is 32.2. The van der Waals surface area contributed by atoms with Crippen molar-refractivity contribution in [1.29, 1.82) is 0 Å². The molecule has 4 aromatic rings. The molecule has 118 valence electrons. The standard InChI is InChI=1S/C18H13N3O2S/c22-16(23)11-24-18-20-14-8-4-10-19-17(14)21(18)15-9-3-6-12-5-1-2-7-13(12)15/h1-10H,11H2,(H,22,23). The number of imidazole rings is 1. The zero-order valence-corrected chi connectivity index (χ0v) is 13.4. The van der Waals surface area contributed by atoms with Crippen molar-refractivity contribution >= 4 is 39.7 Å². The molecule has 0 aliphatic heterocycles. The third kappa shape index (κ3) is 2.51. The van der Waals surface area contributed by atoms with Gasteiger partial charge in [0.2, 0.25) is 0 Å². The summed E-state index contributed by atoms with van der Waals surface area (Å²) in [5, 5.41) is 11.8. The van der Waals surface area contributed by atoms with Crippen molar-refractivity contribution in [2.24, 2.45) is 0 Å². The van der Waals surface area contributed by atoms with Gasteiger partial charge in [0.1, 0.15) is 5.52 Å². The van der Waals surface area contributed by atoms with E-state index in [1.807, 2.05) is 47.0 Å². The van der Waals surface area contributed by atoms with Crippen LogP contribution < -0.4 is 0 Å². The first-order chi connectivity index (χ1) is 11.7. The van der Waals surface area contributed by atoms with E-state index < -0.39 is 5.97 Å². The number of rotatable bonds is 4. The van der Waals surface area contributed by atoms with E-state index >= 15 is 0 Å². The number of thioether (sulfide) groups is 1. The highest BCUT2D eigenvalue weighted by molar-refractivity contribution is 7.99. The second kappa shape index (κ2) is 5.98. The Balaban J connectivity index is 2.00. The Labute approximate surface area is 142 Å². The van der Waals surface area contributed by atoms with Crippen molar-refractivity contribution in [1.82, 2.24) is 14.5 Å². The second-order valence-electron chi connectivity index (χ2n) is 5.26. The Bertz CT molecular complexity index is 1050. The number of fused-ring (bicyclic) bond motifs is 2. The maximum Gasteiger partial charge on any atom is 0.313 e. The van der Waals surface area contributed by atoms with E-state index in [1.165, 1.54) is 11.8 Å². The van der Waals surface area contributed by atoms with Crippen LogP contribution in [-0.4, -0.2) is 31.4 Å². The number of pyridine rings is 1. The van der Waals surface area contributed by atoms with E-state index in [4.69, 9.17) is 5.11 Å². The third-order valence-corrected chi connectivity index (χ3v) is 4.64. The van der Waals surface area contributed by atoms with Gasteiger partial charge in [-0.15, -0.1) is 0 Å². The molecule has 2 aromatic carbocycles. The first-order valence-corrected chi connectivity index (χ1v) is 8.39. The van der Waals surface area contributed by atoms with Crippen LogP contribution in [0.3, 0.4) is 0 Å². The summed E-state index contributed by atoms with van der Waals surface area (Å²) >= 11 is 1.20. The fourth-order valence-electron chi connectivity index (χ4n) is 2.74. The Morgan fingerprint density at radius 2 is 1.92 bits per heavy atom. The molecule has 2 heterocycles. The van der Waals surface area contributed by atoms with E-state index in [1.54, 1.807) is 6.20 Å². The summed E-state index contributed by atoms with van der Waals surface area (Å²) in [6.45, 7) is 0. The number of benzene rings is 2. The van der Waals surface area contributed by atoms with Crippen LogP contribution in [0.25, 0.3) is 27.6 Å². The molecule has 0 aliphatic rings. The lowest BCUT2D eigenvalue weighted by molar-refractivity contribution is -0.133. The topological polar surface area (TPSA) is 68.0 Å². The summed E-state index contributed by atoms with van der Waals surface area (Å²) in [5.41, 5.74) is 2.42. The molecule has 0 aliphatic carbocycles. The number of carboxylic acid groups (broad SMARTS) is 1. The lowest BCUT2D eigenvalue weighted by Crippen LogP contribution is -2.02. The van der Waals surface area contributed by atoms with Gasteiger partial charge in [-0.1, -0.05) is 48.2 Å². The zero-order chi connectivity index (χ0) is 16.5. The van der Waals surface area contributed by atoms with E-state index in [0.29, 0.717) is 5.16 Å². The smallest absolute Gasteiger partial charge is 0.313 e. The first-order valence-electron chi connectivity index (χ1n) is 7.40. The Hall–Kier alpha value is -2.86. The highest BCUT2D eigenvalue weighted by Gasteiger charge is 2.16. The monoisotopic (exact) mass is 335 g/mol. The number of carboxylic acids is 1. The van der Waals surface area contributed by atoms with E-state index in [9.17, 15) is 4.79 Å². The van der Waals surface area contributed by atoms with Gasteiger partial charge in [-0.05, 0) is 23.6 Å². The molecule has 0 amide bonds. The number of aromatic nitrogens is 3. The maximum absolute atomic E-state index is 11.0. The van der Waals surface area contributed by atoms with Crippen molar-refractivity contribution in [3.8, 4) is 5.69 Å². The lowest BCUT2D eigenvalue weighted by atomic mass is 10.1. The van der Waals surface area contributed by atoms with Crippen molar-refractivity contribution in [2.45, 2.75) is 5.16 Å². The van der Waals surface area contributed by atoms with Gasteiger partial charge in [-0.2, -0.15) is 0 Å². The van der Waals surface area contributed by atoms with Crippen LogP contribution in [0.1, 0.15) is 0 Å². The van der Waals surface area contributed by atoms with Crippen LogP contribution in [0.15, 0.2) is 66.0 Å². The molecule has 24 heavy (non-hydrogen) atoms. The molecule has 0 fully saturated rings. The third-order valence-electron chi connectivity index (χ3n) is 3.72. The van der Waals surface area contributed by atoms with Gasteiger partial charge >= 0.3 is 5.97 Å². The van der Waals surface area contributed by atoms with Crippen LogP contribution in [-0.2, 0) is 4.79 Å². The average Bonchev–Trinajstić information content (AvgIpc) is 2.97. The summed E-state index contributed by atoms with van der Waals surface area (Å²) < 4.78 is 1.94. The molecule has 5 nitrogen and oxygen atoms in total. The lowest BCUT2D eigenvalue weighted by Gasteiger charge is -2.11. The van der Waals surface area contributed by atoms with Crippen molar-refractivity contribution in [3.05, 3.63) is 60.8 Å². The molecule has 6 heteroatoms. The first kappa shape index (κ1) is 14.7. The summed E-state index contributed by atoms with van der Waals surface area (Å²) in [5.74, 6) is -0.918. The molecule has 0 saturated carbocycles. The van der Waals surface area contributed by atoms with Crippen LogP contribution in [0.4, 0.5) is 0 Å². The Kier molecular flexibility index (Phi) is 3.66. The zero-order valence-electron chi connectivity index (χ0n) is 12.6. The average molecular weight is 335 g/mol. The quantitative estimate of drug-likeness (QED) is 0.575. The highest BCUT2D eigenvalue weighted by Crippen LogP contribution is 2.30. The van der Waals surface area contributed by atoms with Gasteiger partial charge in [-0.3, -0.25) is 9.36 Å². The fourth-order valence-corrected chi connectivity index (χ4v) is 3.46. The minimum atomic E-state index is -0.871. The Morgan fingerprint density at radius 1 is 1.08 bits per heavy atom. The van der Waals surface area contributed by atoms with Gasteiger partial charge in [0, 0.05) is 11.6 Å². The molecular formula is C18H13N3O2S. The van der Waals surface area contributed by atoms with Crippen LogP contribution in [0, 0.1) is 0 Å². The molecule has 0 unspecified atom stereocenters. The van der Waals surface area contributed by atoms with Gasteiger partial charge in [0.15, 0.2) is 10.8 Å². The number of hydrogen-bond acceptors (Lipinski definition) is 4. The van der Waals surface area contributed by atoms with Gasteiger partial charge in [0.25, 0.3) is 0 Å². The normalized spacial score (nSPS) is 11.2. The number of nitrogens with zero attached hydrogens (tertiary/aromatic N) is 3. The molecule has 0 spiro atoms. The number of hydrogen-bond donors (Lipinski definition) is 1. The molecule has 4 rings (SSSR count). The van der Waals surface area contributed by atoms with Crippen LogP contribution in [0.2, 0.25) is 0 Å². The predicted octanol–water partition coefficient (Wildman–Crippen LogP) is 3.75. The minimum Gasteiger partial charge on any atom is -0.481 e. The summed E-state index contributed by atoms with van der Waals surface area (Å²) in [6.07, 6.45) is 1.72. The molecule has 0 bridgehead atoms. The molecule has 0 atom stereocenters. The van der Waals surface area contributed by atoms with Crippen LogP contribution in [0.5, 0.6) is 0 Å². The molecule has 0 radical (unpaired) electrons. The number of aliphatic carboxylic acids is 1. The van der Waals surface area contributed by atoms with Gasteiger partial charge in [-0.25, -0.2) is 9.97 Å². The van der Waals surface area contributed by atoms with Crippen molar-refractivity contribution < 1.29 is 9.90 Å². The fraction of sp³-hybridized carbons (Fsp3) is 0.0556. The molecule has 2 aromatic heterocycles. The van der Waals surface area contributed by atoms with Crippen LogP contribution >= 0.6 is 11.8 Å². The van der Waals surface area contributed by atoms with Crippen molar-refractivity contribution in [3.63, 3.8) is 0 Å². The molecule has 0 saturated heterocycles. The summed E-state index contributed by atoms with van der Waals surface area (Å²) in [6, 6.07) is 17.8. The molecular weight excluding hydrogens is 322 g/mol. The van der Waals surface area contributed by atoms with Gasteiger partial charge in [0.05, 0.1) is 11.4 Å². The predicted molar refractivity (Wildman–Crippen MR) is 94.7 cm³/mol.